The van der Waals surface area contributed by atoms with Crippen molar-refractivity contribution in [2.24, 2.45) is 0 Å². The number of hydrogen-bond acceptors (Lipinski definition) is 4. The minimum absolute atomic E-state index is 0.0530. The zero-order valence-electron chi connectivity index (χ0n) is 10.6. The molecule has 20 heavy (non-hydrogen) atoms. The van der Waals surface area contributed by atoms with Crippen LogP contribution >= 0.6 is 34.5 Å². The molecule has 0 spiro atoms. The van der Waals surface area contributed by atoms with Crippen molar-refractivity contribution < 1.29 is 18.3 Å². The van der Waals surface area contributed by atoms with Gasteiger partial charge in [0.25, 0.3) is 0 Å². The molecule has 0 aromatic carbocycles. The maximum absolute atomic E-state index is 12.7. The predicted molar refractivity (Wildman–Crippen MR) is 78.1 cm³/mol. The molecule has 112 valence electrons. The van der Waals surface area contributed by atoms with Gasteiger partial charge in [0, 0.05) is 6.54 Å². The van der Waals surface area contributed by atoms with Crippen LogP contribution in [0.3, 0.4) is 0 Å². The smallest absolute Gasteiger partial charge is 0.325 e. The highest BCUT2D eigenvalue weighted by Gasteiger charge is 2.52. The van der Waals surface area contributed by atoms with Gasteiger partial charge >= 0.3 is 5.97 Å². The molecule has 1 saturated heterocycles. The van der Waals surface area contributed by atoms with Crippen LogP contribution in [0, 0.1) is 0 Å². The minimum atomic E-state index is -3.97. The normalized spacial score (nSPS) is 24.1. The van der Waals surface area contributed by atoms with E-state index in [-0.39, 0.29) is 26.5 Å². The Balaban J connectivity index is 2.54. The molecule has 1 unspecified atom stereocenters. The largest absolute Gasteiger partial charge is 0.480 e. The summed E-state index contributed by atoms with van der Waals surface area (Å²) in [5.74, 6) is -1.13. The first-order chi connectivity index (χ1) is 9.25. The molecule has 2 heterocycles. The number of rotatable bonds is 4. The van der Waals surface area contributed by atoms with Crippen LogP contribution in [0.5, 0.6) is 0 Å². The van der Waals surface area contributed by atoms with E-state index < -0.39 is 21.5 Å². The lowest BCUT2D eigenvalue weighted by molar-refractivity contribution is -0.147. The van der Waals surface area contributed by atoms with E-state index >= 15 is 0 Å². The topological polar surface area (TPSA) is 74.7 Å². The van der Waals surface area contributed by atoms with Gasteiger partial charge in [0.15, 0.2) is 0 Å². The second-order valence-corrected chi connectivity index (χ2v) is 8.68. The third-order valence-electron chi connectivity index (χ3n) is 3.61. The molecule has 0 amide bonds. The van der Waals surface area contributed by atoms with Gasteiger partial charge in [0.2, 0.25) is 10.0 Å². The lowest BCUT2D eigenvalue weighted by atomic mass is 9.95. The number of sulfonamides is 1. The Morgan fingerprint density at radius 2 is 2.20 bits per heavy atom. The van der Waals surface area contributed by atoms with E-state index in [4.69, 9.17) is 23.2 Å². The molecule has 9 heteroatoms. The van der Waals surface area contributed by atoms with Crippen LogP contribution in [0.1, 0.15) is 26.2 Å². The lowest BCUT2D eigenvalue weighted by Crippen LogP contribution is -2.52. The van der Waals surface area contributed by atoms with Gasteiger partial charge in [-0.25, -0.2) is 8.42 Å². The fourth-order valence-electron chi connectivity index (χ4n) is 2.54. The molecule has 1 aliphatic rings. The van der Waals surface area contributed by atoms with Crippen molar-refractivity contribution in [3.8, 4) is 0 Å². The Morgan fingerprint density at radius 1 is 1.55 bits per heavy atom. The molecule has 1 aromatic rings. The van der Waals surface area contributed by atoms with Gasteiger partial charge in [-0.3, -0.25) is 4.79 Å². The zero-order chi connectivity index (χ0) is 15.1. The van der Waals surface area contributed by atoms with Crippen LogP contribution in [-0.4, -0.2) is 35.9 Å². The number of aliphatic carboxylic acids is 1. The summed E-state index contributed by atoms with van der Waals surface area (Å²) in [5, 5.41) is 9.46. The van der Waals surface area contributed by atoms with Crippen LogP contribution in [0.2, 0.25) is 8.67 Å². The van der Waals surface area contributed by atoms with Crippen LogP contribution in [0.4, 0.5) is 0 Å². The van der Waals surface area contributed by atoms with Crippen molar-refractivity contribution in [1.82, 2.24) is 4.31 Å². The molecule has 2 rings (SSSR count). The molecule has 0 saturated carbocycles. The third-order valence-corrected chi connectivity index (χ3v) is 7.32. The van der Waals surface area contributed by atoms with Gasteiger partial charge in [0.1, 0.15) is 14.8 Å². The fourth-order valence-corrected chi connectivity index (χ4v) is 6.52. The number of nitrogens with zero attached hydrogens (tertiary/aromatic N) is 1. The van der Waals surface area contributed by atoms with Crippen molar-refractivity contribution in [1.29, 1.82) is 0 Å². The van der Waals surface area contributed by atoms with E-state index in [9.17, 15) is 18.3 Å². The Labute approximate surface area is 131 Å². The quantitative estimate of drug-likeness (QED) is 0.898. The van der Waals surface area contributed by atoms with Gasteiger partial charge < -0.3 is 5.11 Å². The van der Waals surface area contributed by atoms with Crippen LogP contribution < -0.4 is 0 Å². The molecule has 1 fully saturated rings. The molecule has 1 aromatic heterocycles. The summed E-state index contributed by atoms with van der Waals surface area (Å²) in [6.45, 7) is 1.84. The highest BCUT2D eigenvalue weighted by atomic mass is 35.5. The highest BCUT2D eigenvalue weighted by molar-refractivity contribution is 7.89. The van der Waals surface area contributed by atoms with Gasteiger partial charge in [-0.1, -0.05) is 30.1 Å². The monoisotopic (exact) mass is 357 g/mol. The summed E-state index contributed by atoms with van der Waals surface area (Å²) in [6, 6.07) is 1.27. The van der Waals surface area contributed by atoms with Gasteiger partial charge in [-0.2, -0.15) is 4.31 Å². The molecular weight excluding hydrogens is 345 g/mol. The number of thiophene rings is 1. The van der Waals surface area contributed by atoms with Crippen LogP contribution in [0.25, 0.3) is 0 Å². The maximum Gasteiger partial charge on any atom is 0.325 e. The molecule has 0 bridgehead atoms. The van der Waals surface area contributed by atoms with E-state index in [0.29, 0.717) is 12.8 Å². The van der Waals surface area contributed by atoms with Crippen LogP contribution in [0.15, 0.2) is 11.0 Å². The SMILES string of the molecule is CCC1(C(=O)O)CCCN1S(=O)(=O)c1cc(Cl)sc1Cl. The molecule has 1 atom stereocenters. The molecule has 0 aliphatic carbocycles. The summed E-state index contributed by atoms with van der Waals surface area (Å²) in [5.41, 5.74) is -1.39. The van der Waals surface area contributed by atoms with E-state index in [1.54, 1.807) is 6.92 Å². The first kappa shape index (κ1) is 16.0. The number of carboxylic acids is 1. The molecule has 0 radical (unpaired) electrons. The summed E-state index contributed by atoms with van der Waals surface area (Å²) < 4.78 is 26.7. The van der Waals surface area contributed by atoms with Crippen molar-refractivity contribution in [2.45, 2.75) is 36.6 Å². The first-order valence-corrected chi connectivity index (χ1v) is 8.98. The number of carbonyl (C=O) groups is 1. The van der Waals surface area contributed by atoms with E-state index in [1.165, 1.54) is 6.07 Å². The van der Waals surface area contributed by atoms with Crippen molar-refractivity contribution in [2.75, 3.05) is 6.54 Å². The highest BCUT2D eigenvalue weighted by Crippen LogP contribution is 2.42. The van der Waals surface area contributed by atoms with E-state index in [0.717, 1.165) is 15.6 Å². The Bertz CT molecular complexity index is 643. The molecule has 1 N–H and O–H groups in total. The average molecular weight is 358 g/mol. The second kappa shape index (κ2) is 5.46. The van der Waals surface area contributed by atoms with Crippen molar-refractivity contribution >= 4 is 50.5 Å². The van der Waals surface area contributed by atoms with E-state index in [1.807, 2.05) is 0 Å². The summed E-state index contributed by atoms with van der Waals surface area (Å²) in [4.78, 5) is 11.5. The van der Waals surface area contributed by atoms with Crippen LogP contribution in [-0.2, 0) is 14.8 Å². The lowest BCUT2D eigenvalue weighted by Gasteiger charge is -2.32. The van der Waals surface area contributed by atoms with Crippen molar-refractivity contribution in [3.05, 3.63) is 14.7 Å². The van der Waals surface area contributed by atoms with Gasteiger partial charge in [-0.05, 0) is 25.3 Å². The molecule has 5 nitrogen and oxygen atoms in total. The standard InChI is InChI=1S/C11H13Cl2NO4S2/c1-2-11(10(15)16)4-3-5-14(11)20(17,18)7-6-8(12)19-9(7)13/h6H,2-5H2,1H3,(H,15,16). The number of hydrogen-bond donors (Lipinski definition) is 1. The first-order valence-electron chi connectivity index (χ1n) is 5.97. The minimum Gasteiger partial charge on any atom is -0.480 e. The summed E-state index contributed by atoms with van der Waals surface area (Å²) >= 11 is 12.6. The Kier molecular flexibility index (Phi) is 4.37. The van der Waals surface area contributed by atoms with Gasteiger partial charge in [0.05, 0.1) is 4.34 Å². The fraction of sp³-hybridized carbons (Fsp3) is 0.545. The Hall–Kier alpha value is -0.340. The second-order valence-electron chi connectivity index (χ2n) is 4.56. The van der Waals surface area contributed by atoms with E-state index in [2.05, 4.69) is 0 Å². The summed E-state index contributed by atoms with van der Waals surface area (Å²) in [7, 11) is -3.97. The molecule has 1 aliphatic heterocycles. The maximum atomic E-state index is 12.7. The predicted octanol–water partition coefficient (Wildman–Crippen LogP) is 3.07. The van der Waals surface area contributed by atoms with Gasteiger partial charge in [-0.15, -0.1) is 11.3 Å². The average Bonchev–Trinajstić information content (AvgIpc) is 2.93. The third kappa shape index (κ3) is 2.35. The zero-order valence-corrected chi connectivity index (χ0v) is 13.7. The Morgan fingerprint density at radius 3 is 2.65 bits per heavy atom. The molecular formula is C11H13Cl2NO4S2. The summed E-state index contributed by atoms with van der Waals surface area (Å²) in [6.07, 6.45) is 1.01. The van der Waals surface area contributed by atoms with Crippen molar-refractivity contribution in [3.63, 3.8) is 0 Å². The number of carboxylic acid groups (broad SMARTS) is 1. The number of halogens is 2.